The van der Waals surface area contributed by atoms with E-state index in [0.717, 1.165) is 24.0 Å². The Balaban J connectivity index is 1.61. The summed E-state index contributed by atoms with van der Waals surface area (Å²) in [6.45, 7) is 2.54. The summed E-state index contributed by atoms with van der Waals surface area (Å²) in [5.41, 5.74) is 2.04. The summed E-state index contributed by atoms with van der Waals surface area (Å²) in [7, 11) is 0. The second-order valence-electron chi connectivity index (χ2n) is 6.46. The number of rotatable bonds is 3. The molecule has 26 heavy (non-hydrogen) atoms. The van der Waals surface area contributed by atoms with E-state index < -0.39 is 5.82 Å². The molecule has 1 saturated heterocycles. The maximum absolute atomic E-state index is 14.0. The first kappa shape index (κ1) is 16.4. The van der Waals surface area contributed by atoms with Gasteiger partial charge in [-0.25, -0.2) is 4.39 Å². The maximum atomic E-state index is 14.0. The first-order chi connectivity index (χ1) is 12.6. The van der Waals surface area contributed by atoms with Crippen molar-refractivity contribution in [1.29, 1.82) is 0 Å². The molecule has 0 radical (unpaired) electrons. The lowest BCUT2D eigenvalue weighted by molar-refractivity contribution is 0.0705. The molecule has 3 aromatic rings. The summed E-state index contributed by atoms with van der Waals surface area (Å²) < 4.78 is 19.4. The quantitative estimate of drug-likeness (QED) is 0.711. The molecule has 1 amide bonds. The molecule has 0 aliphatic carbocycles. The van der Waals surface area contributed by atoms with Crippen LogP contribution in [0.4, 0.5) is 4.39 Å². The Bertz CT molecular complexity index is 953. The van der Waals surface area contributed by atoms with E-state index in [2.05, 4.69) is 10.1 Å². The minimum atomic E-state index is -0.519. The third kappa shape index (κ3) is 2.98. The summed E-state index contributed by atoms with van der Waals surface area (Å²) >= 11 is 0. The van der Waals surface area contributed by atoms with Crippen molar-refractivity contribution < 1.29 is 13.7 Å². The fourth-order valence-electron chi connectivity index (χ4n) is 3.33. The van der Waals surface area contributed by atoms with E-state index in [1.807, 2.05) is 31.2 Å². The van der Waals surface area contributed by atoms with E-state index in [4.69, 9.17) is 4.52 Å². The van der Waals surface area contributed by atoms with E-state index in [1.54, 1.807) is 17.0 Å². The van der Waals surface area contributed by atoms with E-state index in [1.165, 1.54) is 12.1 Å². The number of aryl methyl sites for hydroxylation is 1. The highest BCUT2D eigenvalue weighted by atomic mass is 19.1. The van der Waals surface area contributed by atoms with Gasteiger partial charge in [-0.3, -0.25) is 4.79 Å². The van der Waals surface area contributed by atoms with Crippen molar-refractivity contribution in [3.05, 3.63) is 71.4 Å². The van der Waals surface area contributed by atoms with Gasteiger partial charge < -0.3 is 9.42 Å². The maximum Gasteiger partial charge on any atom is 0.257 e. The third-order valence-electron chi connectivity index (χ3n) is 4.62. The van der Waals surface area contributed by atoms with Crippen LogP contribution in [0.2, 0.25) is 0 Å². The molecule has 2 aromatic carbocycles. The van der Waals surface area contributed by atoms with Crippen LogP contribution in [-0.4, -0.2) is 27.5 Å². The van der Waals surface area contributed by atoms with Crippen LogP contribution < -0.4 is 0 Å². The highest BCUT2D eigenvalue weighted by molar-refractivity contribution is 5.94. The van der Waals surface area contributed by atoms with Crippen LogP contribution in [0.1, 0.15) is 40.7 Å². The topological polar surface area (TPSA) is 59.2 Å². The zero-order valence-electron chi connectivity index (χ0n) is 14.4. The Morgan fingerprint density at radius 3 is 2.88 bits per heavy atom. The van der Waals surface area contributed by atoms with Gasteiger partial charge in [0.2, 0.25) is 11.7 Å². The van der Waals surface area contributed by atoms with Crippen molar-refractivity contribution in [3.63, 3.8) is 0 Å². The van der Waals surface area contributed by atoms with Gasteiger partial charge in [0.1, 0.15) is 11.9 Å². The van der Waals surface area contributed by atoms with E-state index >= 15 is 0 Å². The normalized spacial score (nSPS) is 16.8. The fraction of sp³-hybridized carbons (Fsp3) is 0.250. The molecule has 6 heteroatoms. The zero-order chi connectivity index (χ0) is 18.1. The van der Waals surface area contributed by atoms with Crippen LogP contribution in [-0.2, 0) is 0 Å². The molecule has 0 bridgehead atoms. The van der Waals surface area contributed by atoms with Gasteiger partial charge in [-0.2, -0.15) is 4.98 Å². The molecule has 4 rings (SSSR count). The van der Waals surface area contributed by atoms with Gasteiger partial charge in [-0.15, -0.1) is 0 Å². The van der Waals surface area contributed by atoms with E-state index in [0.29, 0.717) is 18.3 Å². The molecule has 0 spiro atoms. The lowest BCUT2D eigenvalue weighted by Gasteiger charge is -2.22. The largest absolute Gasteiger partial charge is 0.337 e. The summed E-state index contributed by atoms with van der Waals surface area (Å²) in [5.74, 6) is 0.0209. The first-order valence-corrected chi connectivity index (χ1v) is 8.59. The second kappa shape index (κ2) is 6.71. The van der Waals surface area contributed by atoms with Gasteiger partial charge in [-0.05, 0) is 38.0 Å². The van der Waals surface area contributed by atoms with Crippen LogP contribution in [0.25, 0.3) is 11.4 Å². The molecule has 1 aromatic heterocycles. The lowest BCUT2D eigenvalue weighted by Crippen LogP contribution is -2.31. The number of halogens is 1. The molecular weight excluding hydrogens is 333 g/mol. The monoisotopic (exact) mass is 351 g/mol. The van der Waals surface area contributed by atoms with Gasteiger partial charge in [0.15, 0.2) is 0 Å². The minimum Gasteiger partial charge on any atom is -0.337 e. The third-order valence-corrected chi connectivity index (χ3v) is 4.62. The molecule has 132 valence electrons. The number of aromatic nitrogens is 2. The smallest absolute Gasteiger partial charge is 0.257 e. The number of carbonyl (C=O) groups excluding carboxylic acids is 1. The van der Waals surface area contributed by atoms with Crippen LogP contribution in [0.15, 0.2) is 53.1 Å². The Labute approximate surface area is 150 Å². The van der Waals surface area contributed by atoms with Crippen LogP contribution in [0, 0.1) is 12.7 Å². The predicted molar refractivity (Wildman–Crippen MR) is 93.9 cm³/mol. The number of nitrogens with zero attached hydrogens (tertiary/aromatic N) is 3. The molecule has 5 nitrogen and oxygen atoms in total. The second-order valence-corrected chi connectivity index (χ2v) is 6.46. The van der Waals surface area contributed by atoms with Crippen LogP contribution in [0.5, 0.6) is 0 Å². The molecule has 1 aliphatic heterocycles. The standard InChI is InChI=1S/C20H18FN3O2/c1-13-6-4-7-14(12-13)18-22-19(26-23-18)17-10-5-11-24(17)20(25)15-8-2-3-9-16(15)21/h2-4,6-9,12,17H,5,10-11H2,1H3/t17-/m0/s1. The SMILES string of the molecule is Cc1cccc(-c2noc([C@@H]3CCCN3C(=O)c3ccccc3F)n2)c1. The number of hydrogen-bond donors (Lipinski definition) is 0. The molecular formula is C20H18FN3O2. The van der Waals surface area contributed by atoms with E-state index in [9.17, 15) is 9.18 Å². The molecule has 0 saturated carbocycles. The van der Waals surface area contributed by atoms with Gasteiger partial charge in [0.05, 0.1) is 5.56 Å². The van der Waals surface area contributed by atoms with Crippen molar-refractivity contribution in [1.82, 2.24) is 15.0 Å². The number of amides is 1. The van der Waals surface area contributed by atoms with Crippen molar-refractivity contribution in [2.24, 2.45) is 0 Å². The van der Waals surface area contributed by atoms with Crippen molar-refractivity contribution in [2.75, 3.05) is 6.54 Å². The summed E-state index contributed by atoms with van der Waals surface area (Å²) in [6.07, 6.45) is 1.53. The van der Waals surface area contributed by atoms with Crippen molar-refractivity contribution >= 4 is 5.91 Å². The molecule has 1 aliphatic rings. The highest BCUT2D eigenvalue weighted by Crippen LogP contribution is 2.33. The Morgan fingerprint density at radius 1 is 1.23 bits per heavy atom. The number of likely N-dealkylation sites (tertiary alicyclic amines) is 1. The molecule has 1 fully saturated rings. The van der Waals surface area contributed by atoms with Crippen LogP contribution in [0.3, 0.4) is 0 Å². The molecule has 0 unspecified atom stereocenters. The van der Waals surface area contributed by atoms with Gasteiger partial charge in [-0.1, -0.05) is 41.1 Å². The van der Waals surface area contributed by atoms with Crippen LogP contribution >= 0.6 is 0 Å². The summed E-state index contributed by atoms with van der Waals surface area (Å²) in [6, 6.07) is 13.5. The van der Waals surface area contributed by atoms with Gasteiger partial charge in [0.25, 0.3) is 5.91 Å². The van der Waals surface area contributed by atoms with Crippen molar-refractivity contribution in [3.8, 4) is 11.4 Å². The summed E-state index contributed by atoms with van der Waals surface area (Å²) in [4.78, 5) is 18.9. The predicted octanol–water partition coefficient (Wildman–Crippen LogP) is 4.16. The van der Waals surface area contributed by atoms with Gasteiger partial charge in [0, 0.05) is 12.1 Å². The molecule has 2 heterocycles. The van der Waals surface area contributed by atoms with E-state index in [-0.39, 0.29) is 17.5 Å². The number of hydrogen-bond acceptors (Lipinski definition) is 4. The summed E-state index contributed by atoms with van der Waals surface area (Å²) in [5, 5.41) is 4.06. The average Bonchev–Trinajstić information content (AvgIpc) is 3.31. The fourth-order valence-corrected chi connectivity index (χ4v) is 3.33. The number of carbonyl (C=O) groups is 1. The Kier molecular flexibility index (Phi) is 4.24. The van der Waals surface area contributed by atoms with Gasteiger partial charge >= 0.3 is 0 Å². The lowest BCUT2D eigenvalue weighted by atomic mass is 10.1. The Hall–Kier alpha value is -3.02. The zero-order valence-corrected chi connectivity index (χ0v) is 14.4. The average molecular weight is 351 g/mol. The minimum absolute atomic E-state index is 0.0674. The number of benzene rings is 2. The highest BCUT2D eigenvalue weighted by Gasteiger charge is 2.35. The van der Waals surface area contributed by atoms with Crippen molar-refractivity contribution in [2.45, 2.75) is 25.8 Å². The molecule has 1 atom stereocenters. The Morgan fingerprint density at radius 2 is 2.08 bits per heavy atom. The first-order valence-electron chi connectivity index (χ1n) is 8.59. The molecule has 0 N–H and O–H groups in total.